The van der Waals surface area contributed by atoms with E-state index in [0.29, 0.717) is 15.7 Å². The number of nitrogens with one attached hydrogen (secondary N) is 1. The third-order valence-electron chi connectivity index (χ3n) is 4.32. The molecule has 0 bridgehead atoms. The van der Waals surface area contributed by atoms with Gasteiger partial charge in [0.2, 0.25) is 11.8 Å². The number of rotatable bonds is 5. The first kappa shape index (κ1) is 16.8. The van der Waals surface area contributed by atoms with Crippen LogP contribution in [0.5, 0.6) is 0 Å². The van der Waals surface area contributed by atoms with Crippen LogP contribution in [0.25, 0.3) is 0 Å². The normalized spacial score (nSPS) is 15.6. The van der Waals surface area contributed by atoms with E-state index >= 15 is 0 Å². The van der Waals surface area contributed by atoms with Gasteiger partial charge < -0.3 is 11.1 Å². The van der Waals surface area contributed by atoms with Crippen molar-refractivity contribution in [2.24, 2.45) is 5.73 Å². The van der Waals surface area contributed by atoms with Crippen molar-refractivity contribution in [2.75, 3.05) is 5.32 Å². The Labute approximate surface area is 148 Å². The van der Waals surface area contributed by atoms with Gasteiger partial charge in [-0.05, 0) is 30.5 Å². The van der Waals surface area contributed by atoms with Gasteiger partial charge in [-0.15, -0.1) is 0 Å². The summed E-state index contributed by atoms with van der Waals surface area (Å²) in [4.78, 5) is 23.7. The minimum absolute atomic E-state index is 0.0339. The Balaban J connectivity index is 1.80. The Hall–Kier alpha value is -2.05. The molecule has 2 aromatic rings. The summed E-state index contributed by atoms with van der Waals surface area (Å²) >= 11 is 12.1. The van der Waals surface area contributed by atoms with Gasteiger partial charge >= 0.3 is 0 Å². The molecule has 3 N–H and O–H groups in total. The van der Waals surface area contributed by atoms with Gasteiger partial charge in [-0.2, -0.15) is 5.10 Å². The van der Waals surface area contributed by atoms with Crippen LogP contribution in [0.2, 0.25) is 10.0 Å². The van der Waals surface area contributed by atoms with Crippen molar-refractivity contribution in [3.63, 3.8) is 0 Å². The Kier molecular flexibility index (Phi) is 4.51. The van der Waals surface area contributed by atoms with Crippen LogP contribution in [-0.2, 0) is 21.5 Å². The smallest absolute Gasteiger partial charge is 0.239 e. The van der Waals surface area contributed by atoms with E-state index in [4.69, 9.17) is 28.9 Å². The Bertz CT molecular complexity index is 799. The van der Waals surface area contributed by atoms with Crippen molar-refractivity contribution < 1.29 is 9.59 Å². The van der Waals surface area contributed by atoms with Crippen LogP contribution in [0.15, 0.2) is 30.6 Å². The second kappa shape index (κ2) is 6.45. The summed E-state index contributed by atoms with van der Waals surface area (Å²) in [6.07, 6.45) is 5.51. The second-order valence-electron chi connectivity index (χ2n) is 5.91. The zero-order valence-corrected chi connectivity index (χ0v) is 14.3. The molecule has 6 nitrogen and oxygen atoms in total. The number of anilines is 1. The minimum atomic E-state index is -0.611. The first-order valence-electron chi connectivity index (χ1n) is 7.48. The molecule has 1 fully saturated rings. The molecule has 8 heteroatoms. The zero-order chi connectivity index (χ0) is 17.3. The third-order valence-corrected chi connectivity index (χ3v) is 5.06. The summed E-state index contributed by atoms with van der Waals surface area (Å²) in [5.41, 5.74) is 5.89. The van der Waals surface area contributed by atoms with Gasteiger partial charge in [0, 0.05) is 6.20 Å². The van der Waals surface area contributed by atoms with Crippen LogP contribution in [0, 0.1) is 0 Å². The maximum Gasteiger partial charge on any atom is 0.239 e. The molecule has 1 heterocycles. The van der Waals surface area contributed by atoms with Gasteiger partial charge in [-0.1, -0.05) is 35.7 Å². The standard InChI is InChI=1S/C16H16Cl2N4O2/c17-12-3-2-10(6-13(12)18)16(4-1-5-16)15(24)21-11-7-20-22(8-11)9-14(19)23/h2-3,6-8H,1,4-5,9H2,(H2,19,23)(H,21,24). The predicted octanol–water partition coefficient (Wildman–Crippen LogP) is 2.74. The molecule has 1 aliphatic carbocycles. The number of amides is 2. The first-order valence-corrected chi connectivity index (χ1v) is 8.24. The van der Waals surface area contributed by atoms with Crippen LogP contribution in [0.3, 0.4) is 0 Å². The topological polar surface area (TPSA) is 90.0 Å². The van der Waals surface area contributed by atoms with Crippen LogP contribution in [0.1, 0.15) is 24.8 Å². The summed E-state index contributed by atoms with van der Waals surface area (Å²) in [7, 11) is 0. The van der Waals surface area contributed by atoms with E-state index < -0.39 is 11.3 Å². The van der Waals surface area contributed by atoms with Gasteiger partial charge in [-0.3, -0.25) is 14.3 Å². The van der Waals surface area contributed by atoms with Crippen molar-refractivity contribution in [1.29, 1.82) is 0 Å². The molecule has 24 heavy (non-hydrogen) atoms. The lowest BCUT2D eigenvalue weighted by Gasteiger charge is -2.40. The van der Waals surface area contributed by atoms with E-state index in [1.165, 1.54) is 10.9 Å². The lowest BCUT2D eigenvalue weighted by atomic mass is 9.64. The molecule has 0 spiro atoms. The third kappa shape index (κ3) is 3.12. The number of benzene rings is 1. The average Bonchev–Trinajstić information content (AvgIpc) is 2.87. The van der Waals surface area contributed by atoms with Crippen molar-refractivity contribution >= 4 is 40.7 Å². The number of aromatic nitrogens is 2. The van der Waals surface area contributed by atoms with Gasteiger partial charge in [-0.25, -0.2) is 0 Å². The maximum atomic E-state index is 12.8. The molecule has 1 aromatic carbocycles. The van der Waals surface area contributed by atoms with Crippen LogP contribution < -0.4 is 11.1 Å². The lowest BCUT2D eigenvalue weighted by Crippen LogP contribution is -2.46. The monoisotopic (exact) mass is 366 g/mol. The largest absolute Gasteiger partial charge is 0.368 e. The van der Waals surface area contributed by atoms with Crippen molar-refractivity contribution in [3.8, 4) is 0 Å². The number of hydrogen-bond donors (Lipinski definition) is 2. The fraction of sp³-hybridized carbons (Fsp3) is 0.312. The number of nitrogens with two attached hydrogens (primary N) is 1. The van der Waals surface area contributed by atoms with Crippen molar-refractivity contribution in [2.45, 2.75) is 31.2 Å². The minimum Gasteiger partial charge on any atom is -0.368 e. The molecule has 0 radical (unpaired) electrons. The molecule has 0 aliphatic heterocycles. The molecule has 0 unspecified atom stereocenters. The number of carbonyl (C=O) groups is 2. The SMILES string of the molecule is NC(=O)Cn1cc(NC(=O)C2(c3ccc(Cl)c(Cl)c3)CCC2)cn1. The molecule has 1 aromatic heterocycles. The number of nitrogens with zero attached hydrogens (tertiary/aromatic N) is 2. The number of carbonyl (C=O) groups excluding carboxylic acids is 2. The van der Waals surface area contributed by atoms with Gasteiger partial charge in [0.15, 0.2) is 0 Å². The molecule has 1 aliphatic rings. The molecule has 0 saturated heterocycles. The van der Waals surface area contributed by atoms with E-state index in [0.717, 1.165) is 24.8 Å². The number of primary amides is 1. The fourth-order valence-corrected chi connectivity index (χ4v) is 3.19. The highest BCUT2D eigenvalue weighted by atomic mass is 35.5. The summed E-state index contributed by atoms with van der Waals surface area (Å²) in [5.74, 6) is -0.618. The highest BCUT2D eigenvalue weighted by molar-refractivity contribution is 6.42. The fourth-order valence-electron chi connectivity index (χ4n) is 2.90. The lowest BCUT2D eigenvalue weighted by molar-refractivity contribution is -0.124. The maximum absolute atomic E-state index is 12.8. The van der Waals surface area contributed by atoms with Gasteiger partial charge in [0.05, 0.1) is 27.3 Å². The predicted molar refractivity (Wildman–Crippen MR) is 92.0 cm³/mol. The van der Waals surface area contributed by atoms with Gasteiger partial charge in [0.1, 0.15) is 6.54 Å². The Morgan fingerprint density at radius 2 is 2.04 bits per heavy atom. The van der Waals surface area contributed by atoms with Crippen molar-refractivity contribution in [1.82, 2.24) is 9.78 Å². The molecular weight excluding hydrogens is 351 g/mol. The summed E-state index contributed by atoms with van der Waals surface area (Å²) in [6.45, 7) is -0.0339. The molecule has 3 rings (SSSR count). The highest BCUT2D eigenvalue weighted by Gasteiger charge is 2.45. The quantitative estimate of drug-likeness (QED) is 0.852. The zero-order valence-electron chi connectivity index (χ0n) is 12.8. The Morgan fingerprint density at radius 1 is 1.29 bits per heavy atom. The van der Waals surface area contributed by atoms with E-state index in [1.807, 2.05) is 6.07 Å². The Morgan fingerprint density at radius 3 is 2.62 bits per heavy atom. The van der Waals surface area contributed by atoms with E-state index in [1.54, 1.807) is 18.3 Å². The van der Waals surface area contributed by atoms with Crippen LogP contribution in [-0.4, -0.2) is 21.6 Å². The van der Waals surface area contributed by atoms with E-state index in [2.05, 4.69) is 10.4 Å². The molecular formula is C16H16Cl2N4O2. The molecule has 126 valence electrons. The van der Waals surface area contributed by atoms with E-state index in [9.17, 15) is 9.59 Å². The first-order chi connectivity index (χ1) is 11.4. The number of hydrogen-bond acceptors (Lipinski definition) is 3. The molecule has 1 saturated carbocycles. The van der Waals surface area contributed by atoms with Crippen LogP contribution >= 0.6 is 23.2 Å². The summed E-state index contributed by atoms with van der Waals surface area (Å²) < 4.78 is 1.38. The summed E-state index contributed by atoms with van der Waals surface area (Å²) in [6, 6.07) is 5.29. The highest BCUT2D eigenvalue weighted by Crippen LogP contribution is 2.45. The molecule has 0 atom stereocenters. The summed E-state index contributed by atoms with van der Waals surface area (Å²) in [5, 5.41) is 7.75. The van der Waals surface area contributed by atoms with Gasteiger partial charge in [0.25, 0.3) is 0 Å². The molecule has 2 amide bonds. The number of halogens is 2. The average molecular weight is 367 g/mol. The second-order valence-corrected chi connectivity index (χ2v) is 6.73. The van der Waals surface area contributed by atoms with Crippen molar-refractivity contribution in [3.05, 3.63) is 46.2 Å². The van der Waals surface area contributed by atoms with Crippen LogP contribution in [0.4, 0.5) is 5.69 Å². The van der Waals surface area contributed by atoms with E-state index in [-0.39, 0.29) is 12.5 Å².